The largest absolute Gasteiger partial charge is 0.346 e. The number of amides is 2. The first kappa shape index (κ1) is 24.2. The number of nitrogens with zero attached hydrogens (tertiary/aromatic N) is 2. The maximum atomic E-state index is 12.8. The molecule has 172 valence electrons. The molecule has 0 bridgehead atoms. The van der Waals surface area contributed by atoms with E-state index in [0.717, 1.165) is 12.0 Å². The summed E-state index contributed by atoms with van der Waals surface area (Å²) in [6.45, 7) is 6.82. The molecule has 2 aromatic carbocycles. The lowest BCUT2D eigenvalue weighted by Gasteiger charge is -2.20. The van der Waals surface area contributed by atoms with Crippen molar-refractivity contribution in [3.8, 4) is 0 Å². The van der Waals surface area contributed by atoms with Gasteiger partial charge in [-0.3, -0.25) is 9.59 Å². The lowest BCUT2D eigenvalue weighted by atomic mass is 10.1. The van der Waals surface area contributed by atoms with Gasteiger partial charge in [-0.2, -0.15) is 4.31 Å². The molecule has 1 N–H and O–H groups in total. The van der Waals surface area contributed by atoms with Crippen LogP contribution in [0.25, 0.3) is 0 Å². The Bertz CT molecular complexity index is 1100. The van der Waals surface area contributed by atoms with Crippen molar-refractivity contribution >= 4 is 39.1 Å². The molecule has 1 aliphatic rings. The van der Waals surface area contributed by atoms with Gasteiger partial charge < -0.3 is 10.2 Å². The maximum absolute atomic E-state index is 12.8. The van der Waals surface area contributed by atoms with Crippen LogP contribution < -0.4 is 10.2 Å². The fraction of sp³-hybridized carbons (Fsp3) is 0.391. The molecule has 1 aliphatic heterocycles. The first-order valence-corrected chi connectivity index (χ1v) is 12.5. The Kier molecular flexibility index (Phi) is 7.59. The van der Waals surface area contributed by atoms with E-state index in [2.05, 4.69) is 5.32 Å². The van der Waals surface area contributed by atoms with Crippen LogP contribution >= 0.6 is 11.6 Å². The minimum Gasteiger partial charge on any atom is -0.346 e. The zero-order chi connectivity index (χ0) is 23.5. The molecule has 2 amide bonds. The van der Waals surface area contributed by atoms with E-state index in [4.69, 9.17) is 11.6 Å². The molecule has 7 nitrogen and oxygen atoms in total. The summed E-state index contributed by atoms with van der Waals surface area (Å²) in [7, 11) is -3.53. The van der Waals surface area contributed by atoms with E-state index in [-0.39, 0.29) is 22.8 Å². The summed E-state index contributed by atoms with van der Waals surface area (Å²) in [5.41, 5.74) is 1.72. The van der Waals surface area contributed by atoms with Crippen molar-refractivity contribution in [3.05, 3.63) is 58.6 Å². The van der Waals surface area contributed by atoms with E-state index in [1.54, 1.807) is 61.2 Å². The van der Waals surface area contributed by atoms with Crippen LogP contribution in [0.2, 0.25) is 5.02 Å². The van der Waals surface area contributed by atoms with Crippen molar-refractivity contribution in [3.63, 3.8) is 0 Å². The van der Waals surface area contributed by atoms with E-state index < -0.39 is 10.0 Å². The van der Waals surface area contributed by atoms with Crippen LogP contribution in [-0.2, 0) is 14.8 Å². The van der Waals surface area contributed by atoms with Crippen LogP contribution in [0.1, 0.15) is 55.6 Å². The smallest absolute Gasteiger partial charge is 0.251 e. The molecule has 2 aromatic rings. The van der Waals surface area contributed by atoms with Gasteiger partial charge in [-0.1, -0.05) is 37.6 Å². The SMILES string of the molecule is CCN(CC)S(=O)(=O)c1ccc(C(C)NC(=O)c2ccc(Cl)c(N3CCCC3=O)c2)cc1. The van der Waals surface area contributed by atoms with Crippen molar-refractivity contribution < 1.29 is 18.0 Å². The van der Waals surface area contributed by atoms with Gasteiger partial charge in [0, 0.05) is 31.6 Å². The summed E-state index contributed by atoms with van der Waals surface area (Å²) in [6.07, 6.45) is 1.24. The number of carbonyl (C=O) groups excluding carboxylic acids is 2. The molecule has 9 heteroatoms. The topological polar surface area (TPSA) is 86.8 Å². The molecule has 1 atom stereocenters. The fourth-order valence-electron chi connectivity index (χ4n) is 3.77. The van der Waals surface area contributed by atoms with Crippen LogP contribution in [0.15, 0.2) is 47.4 Å². The summed E-state index contributed by atoms with van der Waals surface area (Å²) < 4.78 is 26.7. The summed E-state index contributed by atoms with van der Waals surface area (Å²) in [5.74, 6) is -0.306. The number of hydrogen-bond acceptors (Lipinski definition) is 4. The van der Waals surface area contributed by atoms with Crippen LogP contribution in [-0.4, -0.2) is 44.2 Å². The summed E-state index contributed by atoms with van der Waals surface area (Å²) in [6, 6.07) is 11.1. The van der Waals surface area contributed by atoms with Gasteiger partial charge >= 0.3 is 0 Å². The van der Waals surface area contributed by atoms with Crippen LogP contribution in [0, 0.1) is 0 Å². The Labute approximate surface area is 194 Å². The predicted molar refractivity (Wildman–Crippen MR) is 125 cm³/mol. The average Bonchev–Trinajstić information content (AvgIpc) is 3.20. The minimum atomic E-state index is -3.53. The minimum absolute atomic E-state index is 0.00224. The number of sulfonamides is 1. The second-order valence-corrected chi connectivity index (χ2v) is 10.0. The van der Waals surface area contributed by atoms with Crippen molar-refractivity contribution in [2.75, 3.05) is 24.5 Å². The molecule has 0 saturated carbocycles. The molecule has 3 rings (SSSR count). The zero-order valence-electron chi connectivity index (χ0n) is 18.5. The molecular weight excluding hydrogens is 450 g/mol. The predicted octanol–water partition coefficient (Wildman–Crippen LogP) is 3.99. The fourth-order valence-corrected chi connectivity index (χ4v) is 5.45. The average molecular weight is 478 g/mol. The highest BCUT2D eigenvalue weighted by Crippen LogP contribution is 2.30. The highest BCUT2D eigenvalue weighted by Gasteiger charge is 2.25. The highest BCUT2D eigenvalue weighted by molar-refractivity contribution is 7.89. The summed E-state index contributed by atoms with van der Waals surface area (Å²) in [5, 5.41) is 3.34. The van der Waals surface area contributed by atoms with E-state index in [1.165, 1.54) is 4.31 Å². The number of carbonyl (C=O) groups is 2. The van der Waals surface area contributed by atoms with E-state index in [0.29, 0.717) is 42.3 Å². The first-order valence-electron chi connectivity index (χ1n) is 10.7. The monoisotopic (exact) mass is 477 g/mol. The molecule has 0 aromatic heterocycles. The Hall–Kier alpha value is -2.42. The second kappa shape index (κ2) is 10.0. The lowest BCUT2D eigenvalue weighted by Crippen LogP contribution is -2.30. The molecule has 32 heavy (non-hydrogen) atoms. The van der Waals surface area contributed by atoms with Crippen molar-refractivity contribution in [2.45, 2.75) is 44.6 Å². The second-order valence-electron chi connectivity index (χ2n) is 7.67. The molecule has 1 heterocycles. The summed E-state index contributed by atoms with van der Waals surface area (Å²) in [4.78, 5) is 26.7. The molecule has 1 saturated heterocycles. The third-order valence-electron chi connectivity index (χ3n) is 5.64. The van der Waals surface area contributed by atoms with Crippen molar-refractivity contribution in [1.82, 2.24) is 9.62 Å². The number of benzene rings is 2. The van der Waals surface area contributed by atoms with Crippen LogP contribution in [0.4, 0.5) is 5.69 Å². The number of rotatable bonds is 8. The van der Waals surface area contributed by atoms with Crippen molar-refractivity contribution in [1.29, 1.82) is 0 Å². The van der Waals surface area contributed by atoms with E-state index >= 15 is 0 Å². The highest BCUT2D eigenvalue weighted by atomic mass is 35.5. The number of halogens is 1. The molecule has 0 aliphatic carbocycles. The van der Waals surface area contributed by atoms with Gasteiger partial charge in [0.15, 0.2) is 0 Å². The Morgan fingerprint density at radius 2 is 1.81 bits per heavy atom. The molecule has 1 unspecified atom stereocenters. The first-order chi connectivity index (χ1) is 15.2. The third-order valence-corrected chi connectivity index (χ3v) is 8.03. The van der Waals surface area contributed by atoms with Gasteiger partial charge in [-0.25, -0.2) is 8.42 Å². The lowest BCUT2D eigenvalue weighted by molar-refractivity contribution is -0.117. The Morgan fingerprint density at radius 1 is 1.16 bits per heavy atom. The number of nitrogens with one attached hydrogen (secondary N) is 1. The standard InChI is InChI=1S/C23H28ClN3O4S/c1-4-26(5-2)32(30,31)19-11-8-17(9-12-19)16(3)25-23(29)18-10-13-20(24)21(15-18)27-14-6-7-22(27)28/h8-13,15-16H,4-7,14H2,1-3H3,(H,25,29). The van der Waals surface area contributed by atoms with Crippen LogP contribution in [0.3, 0.4) is 0 Å². The zero-order valence-corrected chi connectivity index (χ0v) is 20.0. The molecular formula is C23H28ClN3O4S. The van der Waals surface area contributed by atoms with Crippen molar-refractivity contribution in [2.24, 2.45) is 0 Å². The van der Waals surface area contributed by atoms with Gasteiger partial charge in [0.05, 0.1) is 21.6 Å². The summed E-state index contributed by atoms with van der Waals surface area (Å²) >= 11 is 6.26. The number of hydrogen-bond donors (Lipinski definition) is 1. The Balaban J connectivity index is 1.74. The Morgan fingerprint density at radius 3 is 2.38 bits per heavy atom. The van der Waals surface area contributed by atoms with Gasteiger partial charge in [-0.15, -0.1) is 0 Å². The van der Waals surface area contributed by atoms with Gasteiger partial charge in [0.2, 0.25) is 15.9 Å². The third kappa shape index (κ3) is 4.98. The normalized spacial score (nSPS) is 15.3. The molecule has 0 radical (unpaired) electrons. The van der Waals surface area contributed by atoms with E-state index in [9.17, 15) is 18.0 Å². The molecule has 0 spiro atoms. The van der Waals surface area contributed by atoms with E-state index in [1.807, 2.05) is 6.92 Å². The number of anilines is 1. The quantitative estimate of drug-likeness (QED) is 0.622. The van der Waals surface area contributed by atoms with Gasteiger partial charge in [-0.05, 0) is 49.2 Å². The molecule has 1 fully saturated rings. The maximum Gasteiger partial charge on any atom is 0.251 e. The van der Waals surface area contributed by atoms with Gasteiger partial charge in [0.25, 0.3) is 5.91 Å². The van der Waals surface area contributed by atoms with Gasteiger partial charge in [0.1, 0.15) is 0 Å². The van der Waals surface area contributed by atoms with Crippen LogP contribution in [0.5, 0.6) is 0 Å².